The Morgan fingerprint density at radius 1 is 1.39 bits per heavy atom. The lowest BCUT2D eigenvalue weighted by Gasteiger charge is -2.14. The molecule has 96 valence electrons. The average Bonchev–Trinajstić information content (AvgIpc) is 2.81. The number of rotatable bonds is 5. The van der Waals surface area contributed by atoms with Gasteiger partial charge in [-0.2, -0.15) is 8.78 Å². The van der Waals surface area contributed by atoms with Gasteiger partial charge in [0.15, 0.2) is 0 Å². The van der Waals surface area contributed by atoms with Crippen LogP contribution in [0.15, 0.2) is 29.8 Å². The van der Waals surface area contributed by atoms with Crippen molar-refractivity contribution < 1.29 is 13.5 Å². The zero-order valence-corrected chi connectivity index (χ0v) is 10.3. The normalized spacial score (nSPS) is 12.4. The summed E-state index contributed by atoms with van der Waals surface area (Å²) in [6.45, 7) is -0.908. The van der Waals surface area contributed by atoms with Gasteiger partial charge in [-0.1, -0.05) is 23.5 Å². The molecule has 1 unspecified atom stereocenters. The molecule has 1 heterocycles. The first-order valence-electron chi connectivity index (χ1n) is 5.22. The van der Waals surface area contributed by atoms with E-state index < -0.39 is 6.61 Å². The molecule has 0 spiro atoms. The highest BCUT2D eigenvalue weighted by atomic mass is 32.1. The number of hydrogen-bond acceptors (Lipinski definition) is 5. The predicted octanol–water partition coefficient (Wildman–Crippen LogP) is 3.31. The van der Waals surface area contributed by atoms with E-state index in [0.29, 0.717) is 5.13 Å². The summed E-state index contributed by atoms with van der Waals surface area (Å²) in [5.41, 5.74) is 2.45. The van der Waals surface area contributed by atoms with Crippen molar-refractivity contribution >= 4 is 16.5 Å². The fourth-order valence-corrected chi connectivity index (χ4v) is 2.00. The zero-order valence-electron chi connectivity index (χ0n) is 9.51. The first kappa shape index (κ1) is 12.7. The number of nitrogens with one attached hydrogen (secondary N) is 1. The summed E-state index contributed by atoms with van der Waals surface area (Å²) >= 11 is 1.38. The van der Waals surface area contributed by atoms with Gasteiger partial charge in [-0.05, 0) is 24.6 Å². The second-order valence-corrected chi connectivity index (χ2v) is 4.39. The smallest absolute Gasteiger partial charge is 0.387 e. The Morgan fingerprint density at radius 3 is 2.89 bits per heavy atom. The van der Waals surface area contributed by atoms with Crippen LogP contribution in [0.3, 0.4) is 0 Å². The van der Waals surface area contributed by atoms with E-state index in [-0.39, 0.29) is 11.8 Å². The number of anilines is 1. The van der Waals surface area contributed by atoms with Gasteiger partial charge in [0.25, 0.3) is 0 Å². The molecule has 0 aliphatic rings. The van der Waals surface area contributed by atoms with E-state index in [4.69, 9.17) is 0 Å². The molecule has 1 aromatic carbocycles. The summed E-state index contributed by atoms with van der Waals surface area (Å²) < 4.78 is 28.6. The van der Waals surface area contributed by atoms with Crippen LogP contribution in [0.4, 0.5) is 13.9 Å². The number of alkyl halides is 2. The minimum atomic E-state index is -2.81. The van der Waals surface area contributed by atoms with E-state index in [1.807, 2.05) is 13.0 Å². The summed E-state index contributed by atoms with van der Waals surface area (Å²) in [4.78, 5) is 0. The van der Waals surface area contributed by atoms with Crippen molar-refractivity contribution in [2.75, 3.05) is 5.32 Å². The number of hydrogen-bond donors (Lipinski definition) is 1. The van der Waals surface area contributed by atoms with Crippen molar-refractivity contribution in [3.05, 3.63) is 35.3 Å². The van der Waals surface area contributed by atoms with Crippen LogP contribution in [-0.2, 0) is 0 Å². The average molecular weight is 271 g/mol. The van der Waals surface area contributed by atoms with Crippen molar-refractivity contribution in [2.24, 2.45) is 0 Å². The molecule has 0 saturated carbocycles. The summed E-state index contributed by atoms with van der Waals surface area (Å²) in [6, 6.07) is 6.50. The third-order valence-corrected chi connectivity index (χ3v) is 2.91. The molecule has 0 amide bonds. The van der Waals surface area contributed by atoms with Gasteiger partial charge < -0.3 is 10.1 Å². The molecular weight excluding hydrogens is 260 g/mol. The first-order valence-corrected chi connectivity index (χ1v) is 6.10. The molecule has 0 aliphatic carbocycles. The largest absolute Gasteiger partial charge is 0.435 e. The number of benzene rings is 1. The van der Waals surface area contributed by atoms with Gasteiger partial charge in [0, 0.05) is 0 Å². The Labute approximate surface area is 107 Å². The van der Waals surface area contributed by atoms with Crippen LogP contribution in [0, 0.1) is 0 Å². The lowest BCUT2D eigenvalue weighted by Crippen LogP contribution is -2.07. The van der Waals surface area contributed by atoms with Gasteiger partial charge >= 0.3 is 6.61 Å². The van der Waals surface area contributed by atoms with E-state index in [1.165, 1.54) is 17.4 Å². The third kappa shape index (κ3) is 3.36. The molecule has 0 bridgehead atoms. The lowest BCUT2D eigenvalue weighted by molar-refractivity contribution is -0.0498. The standard InChI is InChI=1S/C11H11F2N3OS/c1-7(15-11-16-14-6-18-11)8-3-2-4-9(5-8)17-10(12)13/h2-7,10H,1H3,(H,15,16). The maximum Gasteiger partial charge on any atom is 0.387 e. The highest BCUT2D eigenvalue weighted by Gasteiger charge is 2.10. The molecule has 7 heteroatoms. The topological polar surface area (TPSA) is 47.0 Å². The van der Waals surface area contributed by atoms with Crippen LogP contribution in [0.5, 0.6) is 5.75 Å². The Balaban J connectivity index is 2.07. The predicted molar refractivity (Wildman–Crippen MR) is 65.0 cm³/mol. The number of nitrogens with zero attached hydrogens (tertiary/aromatic N) is 2. The van der Waals surface area contributed by atoms with E-state index in [1.54, 1.807) is 17.6 Å². The third-order valence-electron chi connectivity index (χ3n) is 2.28. The van der Waals surface area contributed by atoms with Gasteiger partial charge in [-0.15, -0.1) is 10.2 Å². The highest BCUT2D eigenvalue weighted by Crippen LogP contribution is 2.24. The lowest BCUT2D eigenvalue weighted by atomic mass is 10.1. The first-order chi connectivity index (χ1) is 8.65. The number of aromatic nitrogens is 2. The molecule has 0 fully saturated rings. The van der Waals surface area contributed by atoms with Gasteiger partial charge in [0.1, 0.15) is 11.3 Å². The van der Waals surface area contributed by atoms with Gasteiger partial charge in [0.05, 0.1) is 6.04 Å². The molecule has 2 aromatic rings. The van der Waals surface area contributed by atoms with Crippen molar-refractivity contribution in [3.63, 3.8) is 0 Å². The maximum atomic E-state index is 12.1. The van der Waals surface area contributed by atoms with Crippen molar-refractivity contribution in [1.29, 1.82) is 0 Å². The second kappa shape index (κ2) is 5.72. The van der Waals surface area contributed by atoms with Crippen molar-refractivity contribution in [3.8, 4) is 5.75 Å². The van der Waals surface area contributed by atoms with Crippen LogP contribution >= 0.6 is 11.3 Å². The van der Waals surface area contributed by atoms with Gasteiger partial charge in [0.2, 0.25) is 5.13 Å². The number of halogens is 2. The summed E-state index contributed by atoms with van der Waals surface area (Å²) in [7, 11) is 0. The zero-order chi connectivity index (χ0) is 13.0. The van der Waals surface area contributed by atoms with Crippen molar-refractivity contribution in [2.45, 2.75) is 19.6 Å². The summed E-state index contributed by atoms with van der Waals surface area (Å²) in [6.07, 6.45) is 0. The van der Waals surface area contributed by atoms with E-state index in [2.05, 4.69) is 20.3 Å². The van der Waals surface area contributed by atoms with Gasteiger partial charge in [-0.25, -0.2) is 0 Å². The maximum absolute atomic E-state index is 12.1. The van der Waals surface area contributed by atoms with Crippen LogP contribution < -0.4 is 10.1 Å². The molecule has 1 aromatic heterocycles. The minimum Gasteiger partial charge on any atom is -0.435 e. The molecule has 0 radical (unpaired) electrons. The molecule has 2 rings (SSSR count). The number of ether oxygens (including phenoxy) is 1. The molecule has 4 nitrogen and oxygen atoms in total. The van der Waals surface area contributed by atoms with E-state index >= 15 is 0 Å². The fourth-order valence-electron chi connectivity index (χ4n) is 1.46. The van der Waals surface area contributed by atoms with Crippen LogP contribution in [0.25, 0.3) is 0 Å². The molecule has 0 saturated heterocycles. The molecule has 18 heavy (non-hydrogen) atoms. The van der Waals surface area contributed by atoms with Crippen LogP contribution in [0.2, 0.25) is 0 Å². The van der Waals surface area contributed by atoms with Crippen LogP contribution in [-0.4, -0.2) is 16.8 Å². The summed E-state index contributed by atoms with van der Waals surface area (Å²) in [5, 5.41) is 11.4. The van der Waals surface area contributed by atoms with E-state index in [0.717, 1.165) is 5.56 Å². The SMILES string of the molecule is CC(Nc1nncs1)c1cccc(OC(F)F)c1. The summed E-state index contributed by atoms with van der Waals surface area (Å²) in [5.74, 6) is 0.147. The molecule has 1 N–H and O–H groups in total. The Kier molecular flexibility index (Phi) is 4.03. The monoisotopic (exact) mass is 271 g/mol. The second-order valence-electron chi connectivity index (χ2n) is 3.56. The minimum absolute atomic E-state index is 0.0702. The van der Waals surface area contributed by atoms with Crippen molar-refractivity contribution in [1.82, 2.24) is 10.2 Å². The van der Waals surface area contributed by atoms with Gasteiger partial charge in [-0.3, -0.25) is 0 Å². The Morgan fingerprint density at radius 2 is 2.22 bits per heavy atom. The Bertz CT molecular complexity index is 493. The Hall–Kier alpha value is -1.76. The highest BCUT2D eigenvalue weighted by molar-refractivity contribution is 7.13. The van der Waals surface area contributed by atoms with E-state index in [9.17, 15) is 8.78 Å². The molecule has 0 aliphatic heterocycles. The van der Waals surface area contributed by atoms with Crippen LogP contribution in [0.1, 0.15) is 18.5 Å². The molecule has 1 atom stereocenters. The quantitative estimate of drug-likeness (QED) is 0.906. The fraction of sp³-hybridized carbons (Fsp3) is 0.273. The molecular formula is C11H11F2N3OS.